The van der Waals surface area contributed by atoms with Gasteiger partial charge in [-0.15, -0.1) is 0 Å². The molecule has 2 aliphatic heterocycles. The van der Waals surface area contributed by atoms with E-state index in [0.29, 0.717) is 68.6 Å². The fraction of sp³-hybridized carbons (Fsp3) is 0.256. The molecule has 10 rings (SSSR count). The van der Waals surface area contributed by atoms with Crippen molar-refractivity contribution in [1.29, 1.82) is 0 Å². The number of rotatable bonds is 10. The number of halogens is 3. The Bertz CT molecular complexity index is 2770. The highest BCUT2D eigenvalue weighted by Crippen LogP contribution is 2.36. The lowest BCUT2D eigenvalue weighted by atomic mass is 9.99. The molecule has 7 heterocycles. The van der Waals surface area contributed by atoms with Crippen LogP contribution < -0.4 is 16.0 Å². The van der Waals surface area contributed by atoms with Crippen LogP contribution in [0.4, 0.5) is 20.7 Å². The number of imidazole rings is 1. The van der Waals surface area contributed by atoms with Crippen LogP contribution in [0.5, 0.6) is 0 Å². The third-order valence-corrected chi connectivity index (χ3v) is 11.4. The SMILES string of the molecule is Fc1cc(-c2c[nH]c(CN3CCCC(Nc4ncc(Cl)c(-c5c[nH]c6ccccc56)n4)C3)n2)cc(F)c1-c1ccc2[nH]nc(-c3ccnc(NC4CCCNC4)n3)c2c1. The lowest BCUT2D eigenvalue weighted by Crippen LogP contribution is -2.42. The van der Waals surface area contributed by atoms with E-state index in [2.05, 4.69) is 51.0 Å². The number of hydrogen-bond donors (Lipinski definition) is 6. The van der Waals surface area contributed by atoms with Gasteiger partial charge in [-0.2, -0.15) is 5.10 Å². The molecule has 298 valence electrons. The number of piperidine rings is 2. The Kier molecular flexibility index (Phi) is 9.92. The first kappa shape index (κ1) is 37.0. The predicted molar refractivity (Wildman–Crippen MR) is 226 cm³/mol. The molecule has 2 atom stereocenters. The van der Waals surface area contributed by atoms with Gasteiger partial charge in [-0.05, 0) is 80.7 Å². The highest BCUT2D eigenvalue weighted by Gasteiger charge is 2.24. The zero-order valence-corrected chi connectivity index (χ0v) is 32.6. The van der Waals surface area contributed by atoms with Gasteiger partial charge in [0.1, 0.15) is 23.2 Å². The Balaban J connectivity index is 0.825. The van der Waals surface area contributed by atoms with E-state index in [4.69, 9.17) is 26.6 Å². The summed E-state index contributed by atoms with van der Waals surface area (Å²) in [6, 6.07) is 18.0. The van der Waals surface area contributed by atoms with Crippen LogP contribution in [0.2, 0.25) is 5.02 Å². The zero-order chi connectivity index (χ0) is 39.9. The minimum atomic E-state index is -0.689. The Morgan fingerprint density at radius 1 is 0.780 bits per heavy atom. The van der Waals surface area contributed by atoms with Crippen LogP contribution in [-0.4, -0.2) is 88.2 Å². The van der Waals surface area contributed by atoms with Crippen molar-refractivity contribution in [2.45, 2.75) is 44.3 Å². The number of H-pyrrole nitrogens is 3. The number of nitrogens with one attached hydrogen (secondary N) is 6. The summed E-state index contributed by atoms with van der Waals surface area (Å²) in [5.41, 5.74) is 5.55. The summed E-state index contributed by atoms with van der Waals surface area (Å²) in [7, 11) is 0. The molecule has 2 saturated heterocycles. The van der Waals surface area contributed by atoms with Crippen LogP contribution in [-0.2, 0) is 6.54 Å². The Morgan fingerprint density at radius 2 is 1.63 bits per heavy atom. The second-order valence-corrected chi connectivity index (χ2v) is 15.6. The van der Waals surface area contributed by atoms with Gasteiger partial charge in [-0.3, -0.25) is 10.00 Å². The van der Waals surface area contributed by atoms with Gasteiger partial charge in [0.2, 0.25) is 11.9 Å². The monoisotopic (exact) mass is 811 g/mol. The molecule has 8 aromatic rings. The third kappa shape index (κ3) is 7.59. The molecule has 0 radical (unpaired) electrons. The highest BCUT2D eigenvalue weighted by atomic mass is 35.5. The number of nitrogens with zero attached hydrogens (tertiary/aromatic N) is 7. The average Bonchev–Trinajstić information content (AvgIpc) is 4.01. The number of anilines is 2. The fourth-order valence-electron chi connectivity index (χ4n) is 8.27. The molecular weight excluding hydrogens is 772 g/mol. The summed E-state index contributed by atoms with van der Waals surface area (Å²) < 4.78 is 31.9. The van der Waals surface area contributed by atoms with E-state index >= 15 is 8.78 Å². The molecule has 0 aliphatic carbocycles. The molecule has 2 aliphatic rings. The summed E-state index contributed by atoms with van der Waals surface area (Å²) in [6.07, 6.45) is 11.0. The summed E-state index contributed by atoms with van der Waals surface area (Å²) in [5, 5.41) is 20.0. The van der Waals surface area contributed by atoms with Crippen molar-refractivity contribution in [1.82, 2.24) is 55.3 Å². The molecule has 0 bridgehead atoms. The third-order valence-electron chi connectivity index (χ3n) is 11.1. The molecule has 59 heavy (non-hydrogen) atoms. The average molecular weight is 812 g/mol. The molecule has 0 saturated carbocycles. The Morgan fingerprint density at radius 3 is 2.51 bits per heavy atom. The van der Waals surface area contributed by atoms with E-state index in [0.717, 1.165) is 73.8 Å². The first-order valence-corrected chi connectivity index (χ1v) is 20.2. The summed E-state index contributed by atoms with van der Waals surface area (Å²) >= 11 is 6.57. The first-order chi connectivity index (χ1) is 28.9. The van der Waals surface area contributed by atoms with E-state index in [1.165, 1.54) is 12.1 Å². The van der Waals surface area contributed by atoms with E-state index in [-0.39, 0.29) is 17.6 Å². The fourth-order valence-corrected chi connectivity index (χ4v) is 8.47. The van der Waals surface area contributed by atoms with Gasteiger partial charge >= 0.3 is 0 Å². The minimum Gasteiger partial charge on any atom is -0.360 e. The van der Waals surface area contributed by atoms with E-state index in [1.807, 2.05) is 30.5 Å². The van der Waals surface area contributed by atoms with Gasteiger partial charge in [0, 0.05) is 71.2 Å². The molecule has 0 spiro atoms. The highest BCUT2D eigenvalue weighted by molar-refractivity contribution is 6.33. The van der Waals surface area contributed by atoms with Gasteiger partial charge < -0.3 is 25.9 Å². The predicted octanol–water partition coefficient (Wildman–Crippen LogP) is 8.19. The molecule has 6 N–H and O–H groups in total. The molecule has 2 unspecified atom stereocenters. The molecule has 3 aromatic carbocycles. The van der Waals surface area contributed by atoms with Gasteiger partial charge in [0.15, 0.2) is 0 Å². The van der Waals surface area contributed by atoms with Crippen LogP contribution in [0.1, 0.15) is 31.5 Å². The van der Waals surface area contributed by atoms with Crippen molar-refractivity contribution >= 4 is 45.3 Å². The standard InChI is InChI=1S/C43H40ClF2N13/c44-31-20-51-43(56-40(31)30-19-49-34-8-2-1-7-28(30)34)53-27-6-4-14-59(22-27)23-38-50-21-37(54-38)25-16-32(45)39(33(46)17-25)24-9-10-35-29(15-24)41(58-57-35)36-11-13-48-42(55-36)52-26-5-3-12-47-18-26/h1-2,7-11,13,15-17,19-21,26-27,47,49H,3-6,12,14,18,22-23H2,(H,50,54)(H,57,58)(H,48,52,55)(H,51,53,56). The molecular formula is C43H40ClF2N13. The number of benzene rings is 3. The maximum Gasteiger partial charge on any atom is 0.223 e. The number of para-hydroxylation sites is 1. The largest absolute Gasteiger partial charge is 0.360 e. The minimum absolute atomic E-state index is 0.0997. The van der Waals surface area contributed by atoms with Crippen LogP contribution in [0, 0.1) is 11.6 Å². The molecule has 16 heteroatoms. The normalized spacial score (nSPS) is 17.5. The van der Waals surface area contributed by atoms with E-state index < -0.39 is 11.6 Å². The number of fused-ring (bicyclic) bond motifs is 2. The van der Waals surface area contributed by atoms with Crippen molar-refractivity contribution in [2.75, 3.05) is 36.8 Å². The number of hydrogen-bond acceptors (Lipinski definition) is 10. The van der Waals surface area contributed by atoms with Crippen LogP contribution >= 0.6 is 11.6 Å². The van der Waals surface area contributed by atoms with E-state index in [1.54, 1.807) is 42.9 Å². The summed E-state index contributed by atoms with van der Waals surface area (Å²) in [6.45, 7) is 4.00. The summed E-state index contributed by atoms with van der Waals surface area (Å²) in [5.74, 6) is 0.345. The number of aromatic amines is 3. The maximum absolute atomic E-state index is 15.9. The zero-order valence-electron chi connectivity index (χ0n) is 31.9. The Labute approximate surface area is 342 Å². The van der Waals surface area contributed by atoms with Gasteiger partial charge in [-0.25, -0.2) is 33.7 Å². The van der Waals surface area contributed by atoms with Crippen LogP contribution in [0.3, 0.4) is 0 Å². The first-order valence-electron chi connectivity index (χ1n) is 19.8. The van der Waals surface area contributed by atoms with Crippen molar-refractivity contribution in [3.05, 3.63) is 108 Å². The quantitative estimate of drug-likeness (QED) is 0.0794. The second kappa shape index (κ2) is 15.8. The van der Waals surface area contributed by atoms with Gasteiger partial charge in [-0.1, -0.05) is 35.9 Å². The molecule has 13 nitrogen and oxygen atoms in total. The van der Waals surface area contributed by atoms with Crippen molar-refractivity contribution in [3.63, 3.8) is 0 Å². The smallest absolute Gasteiger partial charge is 0.223 e. The molecule has 2 fully saturated rings. The Hall–Kier alpha value is -6.29. The topological polar surface area (TPSA) is 164 Å². The van der Waals surface area contributed by atoms with Crippen molar-refractivity contribution in [3.8, 4) is 45.0 Å². The lowest BCUT2D eigenvalue weighted by molar-refractivity contribution is 0.204. The van der Waals surface area contributed by atoms with Crippen molar-refractivity contribution < 1.29 is 8.78 Å². The summed E-state index contributed by atoms with van der Waals surface area (Å²) in [4.78, 5) is 31.9. The number of aromatic nitrogens is 9. The van der Waals surface area contributed by atoms with Gasteiger partial charge in [0.05, 0.1) is 45.9 Å². The maximum atomic E-state index is 15.9. The molecule has 5 aromatic heterocycles. The van der Waals surface area contributed by atoms with Crippen LogP contribution in [0.25, 0.3) is 66.8 Å². The van der Waals surface area contributed by atoms with E-state index in [9.17, 15) is 0 Å². The lowest BCUT2D eigenvalue weighted by Gasteiger charge is -2.32. The van der Waals surface area contributed by atoms with Crippen molar-refractivity contribution in [2.24, 2.45) is 0 Å². The van der Waals surface area contributed by atoms with Crippen LogP contribution in [0.15, 0.2) is 85.5 Å². The molecule has 0 amide bonds. The van der Waals surface area contributed by atoms with Gasteiger partial charge in [0.25, 0.3) is 0 Å². The number of likely N-dealkylation sites (tertiary alicyclic amines) is 1. The second-order valence-electron chi connectivity index (χ2n) is 15.2.